The normalized spacial score (nSPS) is 11.0. The molecule has 5 nitrogen and oxygen atoms in total. The lowest BCUT2D eigenvalue weighted by Gasteiger charge is -1.97. The van der Waals surface area contributed by atoms with Crippen LogP contribution in [0, 0.1) is 5.82 Å². The van der Waals surface area contributed by atoms with E-state index in [4.69, 9.17) is 20.4 Å². The quantitative estimate of drug-likeness (QED) is 0.423. The maximum Gasteiger partial charge on any atom is 0.256 e. The molecule has 2 heterocycles. The molecular weight excluding hydrogens is 377 g/mol. The maximum atomic E-state index is 13.0. The third kappa shape index (κ3) is 3.63. The van der Waals surface area contributed by atoms with E-state index in [1.165, 1.54) is 23.9 Å². The molecule has 0 saturated heterocycles. The molecule has 0 aliphatic heterocycles. The van der Waals surface area contributed by atoms with Crippen molar-refractivity contribution in [2.24, 2.45) is 0 Å². The van der Waals surface area contributed by atoms with Gasteiger partial charge < -0.3 is 8.83 Å². The summed E-state index contributed by atoms with van der Waals surface area (Å²) < 4.78 is 24.3. The van der Waals surface area contributed by atoms with Crippen LogP contribution in [0.3, 0.4) is 0 Å². The average Bonchev–Trinajstić information content (AvgIpc) is 3.30. The van der Waals surface area contributed by atoms with Gasteiger partial charge in [-0.25, -0.2) is 9.37 Å². The van der Waals surface area contributed by atoms with E-state index in [0.29, 0.717) is 39.1 Å². The SMILES string of the molecule is Fc1ccc(-c2cnc(SCc3nnc(-c4ccccc4Cl)o3)o2)cc1. The monoisotopic (exact) mass is 387 g/mol. The highest BCUT2D eigenvalue weighted by Crippen LogP contribution is 2.30. The van der Waals surface area contributed by atoms with Crippen LogP contribution in [0.25, 0.3) is 22.8 Å². The molecule has 0 aliphatic rings. The Labute approximate surface area is 157 Å². The highest BCUT2D eigenvalue weighted by molar-refractivity contribution is 7.98. The molecule has 0 radical (unpaired) electrons. The second-order valence-electron chi connectivity index (χ2n) is 5.27. The molecule has 8 heteroatoms. The summed E-state index contributed by atoms with van der Waals surface area (Å²) >= 11 is 7.45. The molecule has 2 aromatic heterocycles. The summed E-state index contributed by atoms with van der Waals surface area (Å²) in [4.78, 5) is 4.20. The molecule has 4 rings (SSSR count). The summed E-state index contributed by atoms with van der Waals surface area (Å²) in [5, 5.41) is 9.04. The number of halogens is 2. The lowest BCUT2D eigenvalue weighted by atomic mass is 10.2. The Kier molecular flexibility index (Phi) is 4.73. The van der Waals surface area contributed by atoms with E-state index in [1.807, 2.05) is 18.2 Å². The predicted octanol–water partition coefficient (Wildman–Crippen LogP) is 5.48. The number of oxazole rings is 1. The van der Waals surface area contributed by atoms with Crippen molar-refractivity contribution in [2.45, 2.75) is 11.0 Å². The lowest BCUT2D eigenvalue weighted by molar-refractivity contribution is 0.464. The Morgan fingerprint density at radius 1 is 1.00 bits per heavy atom. The molecule has 4 aromatic rings. The molecule has 0 atom stereocenters. The van der Waals surface area contributed by atoms with Crippen LogP contribution in [0.1, 0.15) is 5.89 Å². The van der Waals surface area contributed by atoms with Crippen LogP contribution in [-0.2, 0) is 5.75 Å². The number of aromatic nitrogens is 3. The second kappa shape index (κ2) is 7.31. The van der Waals surface area contributed by atoms with Crippen LogP contribution in [0.4, 0.5) is 4.39 Å². The first-order valence-corrected chi connectivity index (χ1v) is 8.97. The Bertz CT molecular complexity index is 1030. The van der Waals surface area contributed by atoms with Crippen molar-refractivity contribution < 1.29 is 13.2 Å². The van der Waals surface area contributed by atoms with E-state index in [0.717, 1.165) is 5.56 Å². The van der Waals surface area contributed by atoms with Crippen LogP contribution in [-0.4, -0.2) is 15.2 Å². The molecular formula is C18H11ClFN3O2S. The predicted molar refractivity (Wildman–Crippen MR) is 96.2 cm³/mol. The van der Waals surface area contributed by atoms with E-state index in [9.17, 15) is 4.39 Å². The van der Waals surface area contributed by atoms with E-state index >= 15 is 0 Å². The number of nitrogens with zero attached hydrogens (tertiary/aromatic N) is 3. The topological polar surface area (TPSA) is 65.0 Å². The largest absolute Gasteiger partial charge is 0.431 e. The van der Waals surface area contributed by atoms with Gasteiger partial charge in [-0.2, -0.15) is 0 Å². The van der Waals surface area contributed by atoms with Crippen LogP contribution in [0.15, 0.2) is 68.8 Å². The molecule has 0 unspecified atom stereocenters. The first-order chi connectivity index (χ1) is 12.7. The first-order valence-electron chi connectivity index (χ1n) is 7.61. The molecule has 26 heavy (non-hydrogen) atoms. The van der Waals surface area contributed by atoms with Crippen molar-refractivity contribution in [1.82, 2.24) is 15.2 Å². The number of benzene rings is 2. The summed E-state index contributed by atoms with van der Waals surface area (Å²) in [5.74, 6) is 1.47. The summed E-state index contributed by atoms with van der Waals surface area (Å²) in [5.41, 5.74) is 1.44. The molecule has 0 aliphatic carbocycles. The third-order valence-corrected chi connectivity index (χ3v) is 4.66. The van der Waals surface area contributed by atoms with Gasteiger partial charge in [-0.05, 0) is 36.4 Å². The number of rotatable bonds is 5. The molecule has 0 spiro atoms. The van der Waals surface area contributed by atoms with Crippen LogP contribution >= 0.6 is 23.4 Å². The first kappa shape index (κ1) is 16.8. The molecule has 0 amide bonds. The highest BCUT2D eigenvalue weighted by atomic mass is 35.5. The zero-order valence-corrected chi connectivity index (χ0v) is 14.8. The van der Waals surface area contributed by atoms with E-state index in [1.54, 1.807) is 24.4 Å². The van der Waals surface area contributed by atoms with Crippen LogP contribution < -0.4 is 0 Å². The summed E-state index contributed by atoms with van der Waals surface area (Å²) in [7, 11) is 0. The second-order valence-corrected chi connectivity index (χ2v) is 6.60. The third-order valence-electron chi connectivity index (χ3n) is 3.50. The van der Waals surface area contributed by atoms with Gasteiger partial charge in [0.25, 0.3) is 5.22 Å². The zero-order valence-electron chi connectivity index (χ0n) is 13.2. The summed E-state index contributed by atoms with van der Waals surface area (Å²) in [6.07, 6.45) is 1.60. The molecule has 130 valence electrons. The minimum absolute atomic E-state index is 0.298. The van der Waals surface area contributed by atoms with E-state index < -0.39 is 0 Å². The van der Waals surface area contributed by atoms with Gasteiger partial charge in [-0.15, -0.1) is 10.2 Å². The van der Waals surface area contributed by atoms with Crippen molar-refractivity contribution in [3.63, 3.8) is 0 Å². The number of hydrogen-bond donors (Lipinski definition) is 0. The fourth-order valence-electron chi connectivity index (χ4n) is 2.25. The Morgan fingerprint density at radius 3 is 2.62 bits per heavy atom. The molecule has 0 bridgehead atoms. The fraction of sp³-hybridized carbons (Fsp3) is 0.0556. The standard InChI is InChI=1S/C18H11ClFN3O2S/c19-14-4-2-1-3-13(14)17-23-22-16(25-17)10-26-18-21-9-15(24-18)11-5-7-12(20)8-6-11/h1-9H,10H2. The van der Waals surface area contributed by atoms with Crippen LogP contribution in [0.2, 0.25) is 5.02 Å². The maximum absolute atomic E-state index is 13.0. The van der Waals surface area contributed by atoms with Crippen molar-refractivity contribution in [1.29, 1.82) is 0 Å². The molecule has 0 fully saturated rings. The molecule has 0 saturated carbocycles. The van der Waals surface area contributed by atoms with Crippen molar-refractivity contribution in [3.8, 4) is 22.8 Å². The molecule has 0 N–H and O–H groups in total. The number of thioether (sulfide) groups is 1. The smallest absolute Gasteiger partial charge is 0.256 e. The van der Waals surface area contributed by atoms with E-state index in [2.05, 4.69) is 15.2 Å². The Balaban J connectivity index is 1.44. The van der Waals surface area contributed by atoms with Gasteiger partial charge in [0, 0.05) is 5.56 Å². The van der Waals surface area contributed by atoms with Gasteiger partial charge in [-0.1, -0.05) is 35.5 Å². The fourth-order valence-corrected chi connectivity index (χ4v) is 3.11. The van der Waals surface area contributed by atoms with Crippen molar-refractivity contribution >= 4 is 23.4 Å². The van der Waals surface area contributed by atoms with Crippen molar-refractivity contribution in [3.05, 3.63) is 71.5 Å². The van der Waals surface area contributed by atoms with Gasteiger partial charge in [0.15, 0.2) is 5.76 Å². The lowest BCUT2D eigenvalue weighted by Crippen LogP contribution is -1.80. The van der Waals surface area contributed by atoms with E-state index in [-0.39, 0.29) is 5.82 Å². The zero-order chi connectivity index (χ0) is 17.9. The van der Waals surface area contributed by atoms with Crippen molar-refractivity contribution in [2.75, 3.05) is 0 Å². The highest BCUT2D eigenvalue weighted by Gasteiger charge is 2.13. The average molecular weight is 388 g/mol. The summed E-state index contributed by atoms with van der Waals surface area (Å²) in [6.45, 7) is 0. The van der Waals surface area contributed by atoms with Gasteiger partial charge in [0.1, 0.15) is 5.82 Å². The van der Waals surface area contributed by atoms with Gasteiger partial charge >= 0.3 is 0 Å². The van der Waals surface area contributed by atoms with Gasteiger partial charge in [0.05, 0.1) is 22.5 Å². The minimum atomic E-state index is -0.298. The van der Waals surface area contributed by atoms with Gasteiger partial charge in [0.2, 0.25) is 11.8 Å². The summed E-state index contributed by atoms with van der Waals surface area (Å²) in [6, 6.07) is 13.3. The Hall–Kier alpha value is -2.64. The van der Waals surface area contributed by atoms with Crippen LogP contribution in [0.5, 0.6) is 0 Å². The van der Waals surface area contributed by atoms with Gasteiger partial charge in [-0.3, -0.25) is 0 Å². The minimum Gasteiger partial charge on any atom is -0.431 e. The number of hydrogen-bond acceptors (Lipinski definition) is 6. The Morgan fingerprint density at radius 2 is 1.81 bits per heavy atom. The molecule has 2 aromatic carbocycles.